The Morgan fingerprint density at radius 2 is 1.67 bits per heavy atom. The minimum Gasteiger partial charge on any atom is -0.143 e. The van der Waals surface area contributed by atoms with Crippen molar-refractivity contribution in [3.05, 3.63) is 29.8 Å². The van der Waals surface area contributed by atoms with Crippen LogP contribution in [-0.4, -0.2) is 0 Å². The largest absolute Gasteiger partial charge is 0.143 e. The highest BCUT2D eigenvalue weighted by Gasteiger charge is 2.27. The zero-order valence-electron chi connectivity index (χ0n) is 10.2. The molecule has 0 N–H and O–H groups in total. The lowest BCUT2D eigenvalue weighted by atomic mass is 9.72. The molecule has 1 atom stereocenters. The molecule has 0 aliphatic rings. The van der Waals surface area contributed by atoms with E-state index in [0.717, 1.165) is 4.90 Å². The molecule has 0 saturated heterocycles. The average Bonchev–Trinajstić information content (AvgIpc) is 2.22. The summed E-state index contributed by atoms with van der Waals surface area (Å²) in [6, 6.07) is 8.61. The smallest absolute Gasteiger partial charge is 0.00401 e. The number of benzene rings is 1. The molecule has 0 aliphatic carbocycles. The van der Waals surface area contributed by atoms with Crippen LogP contribution in [0.25, 0.3) is 0 Å². The van der Waals surface area contributed by atoms with Crippen molar-refractivity contribution in [1.82, 2.24) is 0 Å². The van der Waals surface area contributed by atoms with Gasteiger partial charge in [0.05, 0.1) is 0 Å². The van der Waals surface area contributed by atoms with Crippen LogP contribution < -0.4 is 0 Å². The second-order valence-electron chi connectivity index (χ2n) is 4.89. The summed E-state index contributed by atoms with van der Waals surface area (Å²) in [7, 11) is 0. The third kappa shape index (κ3) is 3.01. The van der Waals surface area contributed by atoms with Crippen molar-refractivity contribution in [2.24, 2.45) is 5.41 Å². The first-order valence-electron chi connectivity index (χ1n) is 5.80. The molecule has 15 heavy (non-hydrogen) atoms. The summed E-state index contributed by atoms with van der Waals surface area (Å²) in [4.78, 5) is 1.04. The third-order valence-electron chi connectivity index (χ3n) is 3.56. The van der Waals surface area contributed by atoms with E-state index in [0.29, 0.717) is 11.3 Å². The molecule has 0 bridgehead atoms. The summed E-state index contributed by atoms with van der Waals surface area (Å²) >= 11 is 4.32. The Labute approximate surface area is 99.5 Å². The molecule has 1 rings (SSSR count). The molecule has 1 unspecified atom stereocenters. The molecule has 0 nitrogen and oxygen atoms in total. The van der Waals surface area contributed by atoms with E-state index in [-0.39, 0.29) is 0 Å². The van der Waals surface area contributed by atoms with Gasteiger partial charge in [-0.15, -0.1) is 12.6 Å². The molecule has 0 radical (unpaired) electrons. The fraction of sp³-hybridized carbons (Fsp3) is 0.571. The summed E-state index contributed by atoms with van der Waals surface area (Å²) in [6.07, 6.45) is 2.42. The SMILES string of the molecule is CCC(c1ccc(S)cc1)C(C)(C)CC. The maximum Gasteiger partial charge on any atom is 0.00401 e. The predicted molar refractivity (Wildman–Crippen MR) is 70.8 cm³/mol. The van der Waals surface area contributed by atoms with Crippen LogP contribution in [0.1, 0.15) is 52.0 Å². The number of thiol groups is 1. The average molecular weight is 222 g/mol. The van der Waals surface area contributed by atoms with Crippen molar-refractivity contribution in [3.8, 4) is 0 Å². The van der Waals surface area contributed by atoms with Crippen LogP contribution in [0.15, 0.2) is 29.2 Å². The van der Waals surface area contributed by atoms with Crippen LogP contribution in [0.3, 0.4) is 0 Å². The fourth-order valence-electron chi connectivity index (χ4n) is 2.19. The Morgan fingerprint density at radius 3 is 2.07 bits per heavy atom. The number of hydrogen-bond donors (Lipinski definition) is 1. The lowest BCUT2D eigenvalue weighted by Crippen LogP contribution is -2.20. The molecular weight excluding hydrogens is 200 g/mol. The summed E-state index contributed by atoms with van der Waals surface area (Å²) in [6.45, 7) is 9.26. The second-order valence-corrected chi connectivity index (χ2v) is 5.41. The summed E-state index contributed by atoms with van der Waals surface area (Å²) < 4.78 is 0. The summed E-state index contributed by atoms with van der Waals surface area (Å²) in [5.41, 5.74) is 1.83. The maximum absolute atomic E-state index is 4.32. The van der Waals surface area contributed by atoms with Crippen molar-refractivity contribution in [2.45, 2.75) is 51.3 Å². The lowest BCUT2D eigenvalue weighted by Gasteiger charge is -2.33. The third-order valence-corrected chi connectivity index (χ3v) is 3.86. The molecule has 84 valence electrons. The molecule has 1 aromatic rings. The molecule has 0 aromatic heterocycles. The molecule has 0 amide bonds. The highest BCUT2D eigenvalue weighted by molar-refractivity contribution is 7.80. The van der Waals surface area contributed by atoms with Crippen LogP contribution in [0.2, 0.25) is 0 Å². The maximum atomic E-state index is 4.32. The summed E-state index contributed by atoms with van der Waals surface area (Å²) in [5, 5.41) is 0. The van der Waals surface area contributed by atoms with Gasteiger partial charge >= 0.3 is 0 Å². The Balaban J connectivity index is 2.97. The van der Waals surface area contributed by atoms with E-state index >= 15 is 0 Å². The van der Waals surface area contributed by atoms with Gasteiger partial charge in [-0.1, -0.05) is 46.2 Å². The molecule has 0 spiro atoms. The monoisotopic (exact) mass is 222 g/mol. The van der Waals surface area contributed by atoms with Gasteiger partial charge in [-0.2, -0.15) is 0 Å². The molecular formula is C14H22S. The fourth-order valence-corrected chi connectivity index (χ4v) is 2.34. The molecule has 0 heterocycles. The van der Waals surface area contributed by atoms with Gasteiger partial charge < -0.3 is 0 Å². The Kier molecular flexibility index (Phi) is 4.27. The lowest BCUT2D eigenvalue weighted by molar-refractivity contribution is 0.267. The highest BCUT2D eigenvalue weighted by Crippen LogP contribution is 2.40. The molecule has 1 aromatic carbocycles. The van der Waals surface area contributed by atoms with E-state index in [9.17, 15) is 0 Å². The zero-order chi connectivity index (χ0) is 11.5. The van der Waals surface area contributed by atoms with Gasteiger partial charge in [-0.05, 0) is 35.4 Å². The van der Waals surface area contributed by atoms with Crippen molar-refractivity contribution in [3.63, 3.8) is 0 Å². The van der Waals surface area contributed by atoms with Gasteiger partial charge in [0, 0.05) is 4.90 Å². The van der Waals surface area contributed by atoms with Gasteiger partial charge in [-0.25, -0.2) is 0 Å². The van der Waals surface area contributed by atoms with Crippen LogP contribution in [-0.2, 0) is 0 Å². The van der Waals surface area contributed by atoms with E-state index in [1.807, 2.05) is 0 Å². The molecule has 0 aliphatic heterocycles. The first-order chi connectivity index (χ1) is 7.01. The number of hydrogen-bond acceptors (Lipinski definition) is 1. The van der Waals surface area contributed by atoms with Gasteiger partial charge in [0.25, 0.3) is 0 Å². The minimum absolute atomic E-state index is 0.382. The van der Waals surface area contributed by atoms with Crippen LogP contribution in [0, 0.1) is 5.41 Å². The standard InChI is InChI=1S/C14H22S/c1-5-13(14(3,4)6-2)11-7-9-12(15)10-8-11/h7-10,13,15H,5-6H2,1-4H3. The minimum atomic E-state index is 0.382. The normalized spacial score (nSPS) is 13.9. The van der Waals surface area contributed by atoms with Crippen molar-refractivity contribution >= 4 is 12.6 Å². The van der Waals surface area contributed by atoms with Gasteiger partial charge in [-0.3, -0.25) is 0 Å². The predicted octanol–water partition coefficient (Wildman–Crippen LogP) is 4.91. The van der Waals surface area contributed by atoms with Crippen LogP contribution in [0.4, 0.5) is 0 Å². The van der Waals surface area contributed by atoms with E-state index in [2.05, 4.69) is 64.6 Å². The molecule has 0 saturated carbocycles. The van der Waals surface area contributed by atoms with Crippen LogP contribution in [0.5, 0.6) is 0 Å². The Morgan fingerprint density at radius 1 is 1.13 bits per heavy atom. The quantitative estimate of drug-likeness (QED) is 0.688. The van der Waals surface area contributed by atoms with E-state index < -0.39 is 0 Å². The van der Waals surface area contributed by atoms with Gasteiger partial charge in [0.1, 0.15) is 0 Å². The summed E-state index contributed by atoms with van der Waals surface area (Å²) in [5.74, 6) is 0.649. The Hall–Kier alpha value is -0.430. The van der Waals surface area contributed by atoms with Crippen molar-refractivity contribution in [1.29, 1.82) is 0 Å². The number of rotatable bonds is 4. The first kappa shape index (κ1) is 12.6. The topological polar surface area (TPSA) is 0 Å². The van der Waals surface area contributed by atoms with Gasteiger partial charge in [0.2, 0.25) is 0 Å². The molecule has 0 fully saturated rings. The van der Waals surface area contributed by atoms with Crippen molar-refractivity contribution < 1.29 is 0 Å². The van der Waals surface area contributed by atoms with Crippen LogP contribution >= 0.6 is 12.6 Å². The zero-order valence-corrected chi connectivity index (χ0v) is 11.1. The second kappa shape index (κ2) is 5.07. The highest BCUT2D eigenvalue weighted by atomic mass is 32.1. The Bertz CT molecular complexity index is 298. The first-order valence-corrected chi connectivity index (χ1v) is 6.25. The molecule has 1 heteroatoms. The van der Waals surface area contributed by atoms with E-state index in [1.165, 1.54) is 18.4 Å². The van der Waals surface area contributed by atoms with E-state index in [1.54, 1.807) is 0 Å². The van der Waals surface area contributed by atoms with Gasteiger partial charge in [0.15, 0.2) is 0 Å². The van der Waals surface area contributed by atoms with Crippen molar-refractivity contribution in [2.75, 3.05) is 0 Å². The van der Waals surface area contributed by atoms with E-state index in [4.69, 9.17) is 0 Å².